The van der Waals surface area contributed by atoms with Crippen LogP contribution in [0.5, 0.6) is 5.75 Å². The zero-order valence-electron chi connectivity index (χ0n) is 19.8. The monoisotopic (exact) mass is 564 g/mol. The van der Waals surface area contributed by atoms with E-state index in [1.165, 1.54) is 24.0 Å². The highest BCUT2D eigenvalue weighted by Gasteiger charge is 2.23. The van der Waals surface area contributed by atoms with Crippen LogP contribution < -0.4 is 15.4 Å². The summed E-state index contributed by atoms with van der Waals surface area (Å²) < 4.78 is 11.7. The summed E-state index contributed by atoms with van der Waals surface area (Å²) in [6.07, 6.45) is 3.64. The highest BCUT2D eigenvalue weighted by molar-refractivity contribution is 14.0. The average molecular weight is 565 g/mol. The zero-order valence-corrected chi connectivity index (χ0v) is 22.1. The molecule has 2 aliphatic heterocycles. The summed E-state index contributed by atoms with van der Waals surface area (Å²) in [5, 5.41) is 7.03. The van der Waals surface area contributed by atoms with E-state index in [0.29, 0.717) is 19.2 Å². The van der Waals surface area contributed by atoms with Crippen molar-refractivity contribution in [2.75, 3.05) is 39.9 Å². The predicted octanol–water partition coefficient (Wildman–Crippen LogP) is 4.28. The van der Waals surface area contributed by atoms with Gasteiger partial charge in [0.25, 0.3) is 0 Å². The molecule has 0 bridgehead atoms. The number of aliphatic imine (C=N–C) groups is 1. The Kier molecular flexibility index (Phi) is 10.3. The van der Waals surface area contributed by atoms with E-state index in [2.05, 4.69) is 76.0 Å². The largest absolute Gasteiger partial charge is 0.488 e. The first-order valence-electron chi connectivity index (χ1n) is 11.8. The van der Waals surface area contributed by atoms with Gasteiger partial charge >= 0.3 is 0 Å². The third-order valence-corrected chi connectivity index (χ3v) is 6.30. The molecular formula is C26H37IN4O2. The van der Waals surface area contributed by atoms with Crippen LogP contribution in [-0.2, 0) is 11.3 Å². The van der Waals surface area contributed by atoms with Crippen LogP contribution in [0.15, 0.2) is 53.5 Å². The maximum Gasteiger partial charge on any atom is 0.191 e. The molecule has 2 aliphatic rings. The van der Waals surface area contributed by atoms with Crippen LogP contribution in [0.4, 0.5) is 0 Å². The number of rotatable bonds is 8. The quantitative estimate of drug-likeness (QED) is 0.285. The van der Waals surface area contributed by atoms with Gasteiger partial charge in [0.2, 0.25) is 0 Å². The second-order valence-electron chi connectivity index (χ2n) is 8.69. The van der Waals surface area contributed by atoms with Crippen LogP contribution in [0.3, 0.4) is 0 Å². The molecular weight excluding hydrogens is 527 g/mol. The number of halogens is 1. The summed E-state index contributed by atoms with van der Waals surface area (Å²) in [4.78, 5) is 7.04. The molecule has 0 saturated carbocycles. The lowest BCUT2D eigenvalue weighted by molar-refractivity contribution is 0.140. The summed E-state index contributed by atoms with van der Waals surface area (Å²) in [6.45, 7) is 7.33. The highest BCUT2D eigenvalue weighted by atomic mass is 127. The summed E-state index contributed by atoms with van der Waals surface area (Å²) in [5.74, 6) is 1.74. The van der Waals surface area contributed by atoms with E-state index < -0.39 is 0 Å². The first-order chi connectivity index (χ1) is 15.7. The second-order valence-corrected chi connectivity index (χ2v) is 8.69. The fourth-order valence-corrected chi connectivity index (χ4v) is 4.48. The Balaban J connectivity index is 0.00000306. The lowest BCUT2D eigenvalue weighted by atomic mass is 10.1. The number of aryl methyl sites for hydroxylation is 1. The van der Waals surface area contributed by atoms with Crippen LogP contribution in [0.2, 0.25) is 0 Å². The molecule has 2 aromatic carbocycles. The summed E-state index contributed by atoms with van der Waals surface area (Å²) in [7, 11) is 1.82. The first-order valence-corrected chi connectivity index (χ1v) is 11.8. The van der Waals surface area contributed by atoms with Gasteiger partial charge in [-0.2, -0.15) is 0 Å². The average Bonchev–Trinajstić information content (AvgIpc) is 3.53. The Morgan fingerprint density at radius 2 is 1.94 bits per heavy atom. The summed E-state index contributed by atoms with van der Waals surface area (Å²) >= 11 is 0. The first kappa shape index (κ1) is 25.8. The molecule has 0 amide bonds. The molecule has 2 heterocycles. The molecule has 0 aliphatic carbocycles. The van der Waals surface area contributed by atoms with Crippen molar-refractivity contribution >= 4 is 29.9 Å². The van der Waals surface area contributed by atoms with Gasteiger partial charge in [0.15, 0.2) is 5.96 Å². The number of likely N-dealkylation sites (tertiary alicyclic amines) is 1. The van der Waals surface area contributed by atoms with Crippen LogP contribution in [0.1, 0.15) is 42.0 Å². The van der Waals surface area contributed by atoms with Crippen molar-refractivity contribution < 1.29 is 9.47 Å². The Labute approximate surface area is 215 Å². The number of nitrogens with one attached hydrogen (secondary N) is 2. The minimum atomic E-state index is 0. The predicted molar refractivity (Wildman–Crippen MR) is 145 cm³/mol. The Hall–Kier alpha value is -1.84. The third-order valence-electron chi connectivity index (χ3n) is 6.30. The highest BCUT2D eigenvalue weighted by Crippen LogP contribution is 2.25. The number of hydrogen-bond acceptors (Lipinski definition) is 4. The van der Waals surface area contributed by atoms with Crippen molar-refractivity contribution in [1.82, 2.24) is 15.5 Å². The van der Waals surface area contributed by atoms with E-state index in [1.807, 2.05) is 7.05 Å². The molecule has 2 N–H and O–H groups in total. The maximum atomic E-state index is 6.24. The van der Waals surface area contributed by atoms with Gasteiger partial charge in [0.1, 0.15) is 11.9 Å². The molecule has 2 fully saturated rings. The second kappa shape index (κ2) is 13.2. The lowest BCUT2D eigenvalue weighted by Crippen LogP contribution is -2.42. The molecule has 2 aromatic rings. The van der Waals surface area contributed by atoms with Gasteiger partial charge in [-0.3, -0.25) is 9.89 Å². The molecule has 180 valence electrons. The molecule has 0 aromatic heterocycles. The number of benzene rings is 2. The minimum Gasteiger partial charge on any atom is -0.488 e. The van der Waals surface area contributed by atoms with Crippen LogP contribution in [0, 0.1) is 6.92 Å². The van der Waals surface area contributed by atoms with Gasteiger partial charge in [0, 0.05) is 32.1 Å². The SMILES string of the molecule is CN=C(NCc1ccc(C)cc1OC1CCOC1)NCC(c1ccccc1)N1CCCC1.I. The van der Waals surface area contributed by atoms with Crippen molar-refractivity contribution in [2.24, 2.45) is 4.99 Å². The summed E-state index contributed by atoms with van der Waals surface area (Å²) in [6, 6.07) is 17.5. The van der Waals surface area contributed by atoms with E-state index in [0.717, 1.165) is 49.9 Å². The molecule has 2 atom stereocenters. The molecule has 2 saturated heterocycles. The molecule has 0 spiro atoms. The van der Waals surface area contributed by atoms with Crippen molar-refractivity contribution in [1.29, 1.82) is 0 Å². The van der Waals surface area contributed by atoms with Gasteiger partial charge in [-0.05, 0) is 50.0 Å². The number of nitrogens with zero attached hydrogens (tertiary/aromatic N) is 2. The maximum absolute atomic E-state index is 6.24. The number of hydrogen-bond donors (Lipinski definition) is 2. The minimum absolute atomic E-state index is 0. The Morgan fingerprint density at radius 1 is 1.15 bits per heavy atom. The molecule has 33 heavy (non-hydrogen) atoms. The lowest BCUT2D eigenvalue weighted by Gasteiger charge is -2.29. The van der Waals surface area contributed by atoms with Crippen molar-refractivity contribution in [3.8, 4) is 5.75 Å². The molecule has 4 rings (SSSR count). The molecule has 6 nitrogen and oxygen atoms in total. The Bertz CT molecular complexity index is 881. The van der Waals surface area contributed by atoms with Gasteiger partial charge < -0.3 is 20.1 Å². The molecule has 7 heteroatoms. The fourth-order valence-electron chi connectivity index (χ4n) is 4.48. The van der Waals surface area contributed by atoms with Gasteiger partial charge in [-0.15, -0.1) is 24.0 Å². The fraction of sp³-hybridized carbons (Fsp3) is 0.500. The third kappa shape index (κ3) is 7.32. The van der Waals surface area contributed by atoms with E-state index in [-0.39, 0.29) is 30.1 Å². The van der Waals surface area contributed by atoms with E-state index >= 15 is 0 Å². The van der Waals surface area contributed by atoms with Crippen molar-refractivity contribution in [3.63, 3.8) is 0 Å². The normalized spacial score (nSPS) is 19.7. The number of ether oxygens (including phenoxy) is 2. The standard InChI is InChI=1S/C26H36N4O2.HI/c1-20-10-11-22(25(16-20)32-23-12-15-31-19-23)17-28-26(27-2)29-18-24(30-13-6-7-14-30)21-8-4-3-5-9-21;/h3-5,8-11,16,23-24H,6-7,12-15,17-19H2,1-2H3,(H2,27,28,29);1H. The number of guanidine groups is 1. The topological polar surface area (TPSA) is 58.1 Å². The van der Waals surface area contributed by atoms with Crippen molar-refractivity contribution in [3.05, 3.63) is 65.2 Å². The van der Waals surface area contributed by atoms with Gasteiger partial charge in [-0.25, -0.2) is 0 Å². The van der Waals surface area contributed by atoms with Gasteiger partial charge in [-0.1, -0.05) is 42.5 Å². The van der Waals surface area contributed by atoms with Gasteiger partial charge in [0.05, 0.1) is 19.3 Å². The zero-order chi connectivity index (χ0) is 22.2. The van der Waals surface area contributed by atoms with Crippen LogP contribution in [0.25, 0.3) is 0 Å². The molecule has 0 radical (unpaired) electrons. The van der Waals surface area contributed by atoms with E-state index in [4.69, 9.17) is 9.47 Å². The van der Waals surface area contributed by atoms with Crippen LogP contribution in [-0.4, -0.2) is 56.9 Å². The van der Waals surface area contributed by atoms with E-state index in [1.54, 1.807) is 0 Å². The summed E-state index contributed by atoms with van der Waals surface area (Å²) in [5.41, 5.74) is 3.68. The Morgan fingerprint density at radius 3 is 2.64 bits per heavy atom. The van der Waals surface area contributed by atoms with Crippen molar-refractivity contribution in [2.45, 2.75) is 44.9 Å². The van der Waals surface area contributed by atoms with E-state index in [9.17, 15) is 0 Å². The smallest absolute Gasteiger partial charge is 0.191 e. The molecule has 2 unspecified atom stereocenters. The van der Waals surface area contributed by atoms with Crippen LogP contribution >= 0.6 is 24.0 Å².